The van der Waals surface area contributed by atoms with Crippen LogP contribution in [0.4, 0.5) is 0 Å². The summed E-state index contributed by atoms with van der Waals surface area (Å²) in [6, 6.07) is 0. The summed E-state index contributed by atoms with van der Waals surface area (Å²) in [7, 11) is 1.65. The van der Waals surface area contributed by atoms with Gasteiger partial charge in [0.1, 0.15) is 0 Å². The van der Waals surface area contributed by atoms with Gasteiger partial charge in [0.25, 0.3) is 0 Å². The topological polar surface area (TPSA) is 47.6 Å². The molecular formula is C12H23NO3. The minimum atomic E-state index is -0.286. The molecule has 1 fully saturated rings. The molecule has 1 heterocycles. The Balaban J connectivity index is 2.36. The third-order valence-electron chi connectivity index (χ3n) is 3.31. The van der Waals surface area contributed by atoms with Crippen molar-refractivity contribution in [3.8, 4) is 0 Å². The van der Waals surface area contributed by atoms with Crippen LogP contribution >= 0.6 is 0 Å². The van der Waals surface area contributed by atoms with Gasteiger partial charge in [-0.3, -0.25) is 4.79 Å². The van der Waals surface area contributed by atoms with Crippen molar-refractivity contribution in [2.24, 2.45) is 5.41 Å². The number of piperidine rings is 1. The predicted octanol–water partition coefficient (Wildman–Crippen LogP) is 1.35. The van der Waals surface area contributed by atoms with Crippen molar-refractivity contribution >= 4 is 5.97 Å². The molecule has 1 N–H and O–H groups in total. The molecule has 1 saturated heterocycles. The van der Waals surface area contributed by atoms with Crippen molar-refractivity contribution in [2.75, 3.05) is 33.4 Å². The van der Waals surface area contributed by atoms with E-state index in [9.17, 15) is 4.79 Å². The minimum Gasteiger partial charge on any atom is -0.465 e. The number of esters is 1. The molecule has 0 aromatic carbocycles. The van der Waals surface area contributed by atoms with E-state index in [4.69, 9.17) is 9.47 Å². The largest absolute Gasteiger partial charge is 0.465 e. The average molecular weight is 229 g/mol. The summed E-state index contributed by atoms with van der Waals surface area (Å²) in [4.78, 5) is 12.0. The summed E-state index contributed by atoms with van der Waals surface area (Å²) < 4.78 is 10.2. The molecule has 0 aromatic heterocycles. The summed E-state index contributed by atoms with van der Waals surface area (Å²) in [5, 5.41) is 3.28. The van der Waals surface area contributed by atoms with Gasteiger partial charge in [0.05, 0.1) is 12.0 Å². The molecule has 4 heteroatoms. The molecule has 0 bridgehead atoms. The van der Waals surface area contributed by atoms with Gasteiger partial charge in [-0.2, -0.15) is 0 Å². The highest BCUT2D eigenvalue weighted by atomic mass is 16.5. The molecule has 16 heavy (non-hydrogen) atoms. The maximum Gasteiger partial charge on any atom is 0.313 e. The van der Waals surface area contributed by atoms with Crippen molar-refractivity contribution in [3.63, 3.8) is 0 Å². The lowest BCUT2D eigenvalue weighted by Gasteiger charge is -2.34. The highest BCUT2D eigenvalue weighted by Crippen LogP contribution is 2.31. The lowest BCUT2D eigenvalue weighted by Crippen LogP contribution is -2.46. The Morgan fingerprint density at radius 1 is 1.44 bits per heavy atom. The second-order valence-corrected chi connectivity index (χ2v) is 4.40. The second-order valence-electron chi connectivity index (χ2n) is 4.40. The first-order valence-electron chi connectivity index (χ1n) is 6.12. The minimum absolute atomic E-state index is 0.0432. The highest BCUT2D eigenvalue weighted by Gasteiger charge is 2.39. The fourth-order valence-corrected chi connectivity index (χ4v) is 2.11. The molecular weight excluding hydrogens is 206 g/mol. The number of hydrogen-bond donors (Lipinski definition) is 1. The van der Waals surface area contributed by atoms with Gasteiger partial charge in [0, 0.05) is 26.7 Å². The Morgan fingerprint density at radius 3 is 2.81 bits per heavy atom. The Hall–Kier alpha value is -0.610. The Bertz CT molecular complexity index is 212. The highest BCUT2D eigenvalue weighted by molar-refractivity contribution is 5.77. The molecule has 4 nitrogen and oxygen atoms in total. The normalized spacial score (nSPS) is 25.4. The number of ether oxygens (including phenoxy) is 2. The van der Waals surface area contributed by atoms with Gasteiger partial charge in [-0.25, -0.2) is 0 Å². The number of carbonyl (C=O) groups excluding carboxylic acids is 1. The van der Waals surface area contributed by atoms with Crippen LogP contribution in [-0.4, -0.2) is 39.4 Å². The number of nitrogens with one attached hydrogen (secondary N) is 1. The van der Waals surface area contributed by atoms with E-state index >= 15 is 0 Å². The van der Waals surface area contributed by atoms with Crippen LogP contribution in [0.25, 0.3) is 0 Å². The molecule has 0 radical (unpaired) electrons. The Kier molecular flexibility index (Phi) is 5.77. The first-order valence-corrected chi connectivity index (χ1v) is 6.12. The van der Waals surface area contributed by atoms with E-state index < -0.39 is 0 Å². The molecule has 1 unspecified atom stereocenters. The van der Waals surface area contributed by atoms with Gasteiger partial charge < -0.3 is 14.8 Å². The zero-order chi connectivity index (χ0) is 11.9. The zero-order valence-corrected chi connectivity index (χ0v) is 10.4. The van der Waals surface area contributed by atoms with Crippen LogP contribution in [-0.2, 0) is 14.3 Å². The van der Waals surface area contributed by atoms with E-state index in [0.29, 0.717) is 13.2 Å². The summed E-state index contributed by atoms with van der Waals surface area (Å²) in [6.45, 7) is 4.94. The summed E-state index contributed by atoms with van der Waals surface area (Å²) >= 11 is 0. The third-order valence-corrected chi connectivity index (χ3v) is 3.31. The van der Waals surface area contributed by atoms with Gasteiger partial charge in [0.2, 0.25) is 0 Å². The van der Waals surface area contributed by atoms with Crippen LogP contribution in [0.15, 0.2) is 0 Å². The average Bonchev–Trinajstić information content (AvgIpc) is 2.35. The molecule has 0 aromatic rings. The number of hydrogen-bond acceptors (Lipinski definition) is 4. The fourth-order valence-electron chi connectivity index (χ4n) is 2.11. The van der Waals surface area contributed by atoms with Gasteiger partial charge >= 0.3 is 5.97 Å². The molecule has 94 valence electrons. The zero-order valence-electron chi connectivity index (χ0n) is 10.4. The third kappa shape index (κ3) is 3.46. The van der Waals surface area contributed by atoms with Crippen molar-refractivity contribution in [3.05, 3.63) is 0 Å². The molecule has 0 saturated carbocycles. The molecule has 1 aliphatic rings. The summed E-state index contributed by atoms with van der Waals surface area (Å²) in [6.07, 6.45) is 3.62. The number of methoxy groups -OCH3 is 1. The van der Waals surface area contributed by atoms with Crippen LogP contribution in [0, 0.1) is 5.41 Å². The lowest BCUT2D eigenvalue weighted by atomic mass is 9.78. The van der Waals surface area contributed by atoms with Gasteiger partial charge in [-0.1, -0.05) is 6.92 Å². The standard InChI is InChI=1S/C12H23NO3/c1-3-12(6-4-7-13-10-12)11(14)16-9-5-8-15-2/h13H,3-10H2,1-2H3. The van der Waals surface area contributed by atoms with Gasteiger partial charge in [0.15, 0.2) is 0 Å². The smallest absolute Gasteiger partial charge is 0.313 e. The van der Waals surface area contributed by atoms with E-state index in [1.54, 1.807) is 7.11 Å². The molecule has 0 spiro atoms. The number of rotatable bonds is 6. The van der Waals surface area contributed by atoms with Gasteiger partial charge in [-0.05, 0) is 25.8 Å². The van der Waals surface area contributed by atoms with E-state index in [-0.39, 0.29) is 11.4 Å². The Labute approximate surface area is 97.7 Å². The maximum atomic E-state index is 12.0. The second kappa shape index (κ2) is 6.86. The van der Waals surface area contributed by atoms with Crippen LogP contribution in [0.3, 0.4) is 0 Å². The summed E-state index contributed by atoms with van der Waals surface area (Å²) in [5.41, 5.74) is -0.286. The van der Waals surface area contributed by atoms with Crippen LogP contribution in [0.5, 0.6) is 0 Å². The van der Waals surface area contributed by atoms with Crippen LogP contribution in [0.1, 0.15) is 32.6 Å². The number of carbonyl (C=O) groups is 1. The quantitative estimate of drug-likeness (QED) is 0.551. The van der Waals surface area contributed by atoms with E-state index in [2.05, 4.69) is 12.2 Å². The van der Waals surface area contributed by atoms with Crippen LogP contribution in [0.2, 0.25) is 0 Å². The predicted molar refractivity (Wildman–Crippen MR) is 62.3 cm³/mol. The first kappa shape index (κ1) is 13.5. The maximum absolute atomic E-state index is 12.0. The molecule has 1 atom stereocenters. The molecule has 1 rings (SSSR count). The SMILES string of the molecule is CCC1(C(=O)OCCCOC)CCCNC1. The van der Waals surface area contributed by atoms with Crippen molar-refractivity contribution in [1.29, 1.82) is 0 Å². The lowest BCUT2D eigenvalue weighted by molar-refractivity contribution is -0.157. The van der Waals surface area contributed by atoms with E-state index in [1.807, 2.05) is 0 Å². The van der Waals surface area contributed by atoms with Gasteiger partial charge in [-0.15, -0.1) is 0 Å². The molecule has 0 aliphatic carbocycles. The van der Waals surface area contributed by atoms with E-state index in [0.717, 1.165) is 38.8 Å². The monoisotopic (exact) mass is 229 g/mol. The fraction of sp³-hybridized carbons (Fsp3) is 0.917. The first-order chi connectivity index (χ1) is 7.75. The van der Waals surface area contributed by atoms with Crippen molar-refractivity contribution in [1.82, 2.24) is 5.32 Å². The van der Waals surface area contributed by atoms with E-state index in [1.165, 1.54) is 0 Å². The molecule has 0 amide bonds. The van der Waals surface area contributed by atoms with Crippen molar-refractivity contribution in [2.45, 2.75) is 32.6 Å². The summed E-state index contributed by atoms with van der Waals surface area (Å²) in [5.74, 6) is -0.0432. The molecule has 1 aliphatic heterocycles. The Morgan fingerprint density at radius 2 is 2.25 bits per heavy atom. The van der Waals surface area contributed by atoms with Crippen molar-refractivity contribution < 1.29 is 14.3 Å². The van der Waals surface area contributed by atoms with Crippen LogP contribution < -0.4 is 5.32 Å².